The molecule has 1 N–H and O–H groups in total. The maximum absolute atomic E-state index is 9.50. The molecule has 3 unspecified atom stereocenters. The molecule has 1 fully saturated rings. The Hall–Kier alpha value is -0.640. The smallest absolute Gasteiger partial charge is 0.168 e. The van der Waals surface area contributed by atoms with E-state index in [0.717, 1.165) is 38.2 Å². The number of ether oxygens (including phenoxy) is 2. The standard InChI is InChI=1S/C40H76O3/c1-4-6-8-9-10-11-12-13-14-15-16-18-21-24-28-34-40(42-37-33-39(43-40)32-36-41)35-29-25-22-19-17-20-23-27-31-38(3)30-26-7-5-2/h10-13,38-39,41H,4-9,14-37H2,1-3H3/b11-10+,13-12-. The molecule has 0 amide bonds. The normalized spacial score (nSPS) is 20.0. The van der Waals surface area contributed by atoms with E-state index in [9.17, 15) is 5.11 Å². The number of unbranched alkanes of at least 4 members (excludes halogenated alkanes) is 18. The van der Waals surface area contributed by atoms with Crippen molar-refractivity contribution in [1.82, 2.24) is 0 Å². The van der Waals surface area contributed by atoms with Crippen LogP contribution < -0.4 is 0 Å². The second-order valence-electron chi connectivity index (χ2n) is 13.8. The van der Waals surface area contributed by atoms with Crippen LogP contribution in [-0.4, -0.2) is 30.2 Å². The summed E-state index contributed by atoms with van der Waals surface area (Å²) in [6.45, 7) is 8.00. The van der Waals surface area contributed by atoms with Gasteiger partial charge >= 0.3 is 0 Å². The van der Waals surface area contributed by atoms with Gasteiger partial charge in [-0.2, -0.15) is 0 Å². The van der Waals surface area contributed by atoms with Gasteiger partial charge < -0.3 is 14.6 Å². The Morgan fingerprint density at radius 3 is 1.67 bits per heavy atom. The summed E-state index contributed by atoms with van der Waals surface area (Å²) in [6.07, 6.45) is 45.0. The van der Waals surface area contributed by atoms with Crippen LogP contribution >= 0.6 is 0 Å². The third-order valence-corrected chi connectivity index (χ3v) is 9.48. The van der Waals surface area contributed by atoms with Crippen molar-refractivity contribution >= 4 is 0 Å². The third kappa shape index (κ3) is 24.3. The molecule has 0 radical (unpaired) electrons. The lowest BCUT2D eigenvalue weighted by Crippen LogP contribution is -2.45. The quantitative estimate of drug-likeness (QED) is 0.0632. The van der Waals surface area contributed by atoms with Gasteiger partial charge in [0.1, 0.15) is 0 Å². The van der Waals surface area contributed by atoms with Crippen molar-refractivity contribution in [3.63, 3.8) is 0 Å². The average Bonchev–Trinajstić information content (AvgIpc) is 3.00. The number of allylic oxidation sites excluding steroid dienone is 4. The molecule has 1 rings (SSSR count). The van der Waals surface area contributed by atoms with Crippen LogP contribution in [0.4, 0.5) is 0 Å². The molecule has 254 valence electrons. The topological polar surface area (TPSA) is 38.7 Å². The van der Waals surface area contributed by atoms with Gasteiger partial charge in [0.2, 0.25) is 0 Å². The Morgan fingerprint density at radius 1 is 0.651 bits per heavy atom. The molecular weight excluding hydrogens is 528 g/mol. The number of hydrogen-bond donors (Lipinski definition) is 1. The number of aliphatic hydroxyl groups excluding tert-OH is 1. The lowest BCUT2D eigenvalue weighted by Gasteiger charge is -2.41. The molecule has 1 saturated heterocycles. The Labute approximate surface area is 270 Å². The van der Waals surface area contributed by atoms with E-state index in [1.807, 2.05) is 0 Å². The van der Waals surface area contributed by atoms with Gasteiger partial charge in [-0.1, -0.05) is 161 Å². The van der Waals surface area contributed by atoms with Crippen molar-refractivity contribution in [3.05, 3.63) is 24.3 Å². The maximum Gasteiger partial charge on any atom is 0.168 e. The van der Waals surface area contributed by atoms with E-state index in [0.29, 0.717) is 0 Å². The van der Waals surface area contributed by atoms with Crippen molar-refractivity contribution in [2.75, 3.05) is 13.2 Å². The molecular formula is C40H76O3. The summed E-state index contributed by atoms with van der Waals surface area (Å²) < 4.78 is 12.9. The predicted molar refractivity (Wildman–Crippen MR) is 189 cm³/mol. The first-order valence-corrected chi connectivity index (χ1v) is 19.4. The van der Waals surface area contributed by atoms with Gasteiger partial charge in [-0.25, -0.2) is 0 Å². The zero-order valence-electron chi connectivity index (χ0n) is 29.4. The van der Waals surface area contributed by atoms with Crippen molar-refractivity contribution in [2.45, 2.75) is 212 Å². The van der Waals surface area contributed by atoms with E-state index in [2.05, 4.69) is 45.1 Å². The molecule has 3 nitrogen and oxygen atoms in total. The first-order valence-electron chi connectivity index (χ1n) is 19.4. The molecule has 0 spiro atoms. The number of aliphatic hydroxyl groups is 1. The number of rotatable bonds is 31. The van der Waals surface area contributed by atoms with Gasteiger partial charge in [0.05, 0.1) is 12.7 Å². The second-order valence-corrected chi connectivity index (χ2v) is 13.8. The molecule has 0 aromatic heterocycles. The predicted octanol–water partition coefficient (Wildman–Crippen LogP) is 12.8. The minimum Gasteiger partial charge on any atom is -0.396 e. The van der Waals surface area contributed by atoms with Gasteiger partial charge in [0.25, 0.3) is 0 Å². The highest BCUT2D eigenvalue weighted by atomic mass is 16.7. The molecule has 1 heterocycles. The first-order chi connectivity index (χ1) is 21.2. The minimum atomic E-state index is -0.402. The van der Waals surface area contributed by atoms with Gasteiger partial charge in [-0.05, 0) is 57.3 Å². The summed E-state index contributed by atoms with van der Waals surface area (Å²) in [6, 6.07) is 0. The molecule has 0 aromatic carbocycles. The fourth-order valence-corrected chi connectivity index (χ4v) is 6.57. The Balaban J connectivity index is 2.15. The first kappa shape index (κ1) is 40.4. The highest BCUT2D eigenvalue weighted by Gasteiger charge is 2.37. The molecule has 43 heavy (non-hydrogen) atoms. The lowest BCUT2D eigenvalue weighted by atomic mass is 9.96. The van der Waals surface area contributed by atoms with Crippen LogP contribution in [-0.2, 0) is 9.47 Å². The zero-order chi connectivity index (χ0) is 31.1. The van der Waals surface area contributed by atoms with E-state index in [-0.39, 0.29) is 12.7 Å². The summed E-state index contributed by atoms with van der Waals surface area (Å²) in [5.41, 5.74) is 0. The summed E-state index contributed by atoms with van der Waals surface area (Å²) in [7, 11) is 0. The van der Waals surface area contributed by atoms with Crippen LogP contribution in [0.15, 0.2) is 24.3 Å². The molecule has 3 atom stereocenters. The van der Waals surface area contributed by atoms with Crippen molar-refractivity contribution in [2.24, 2.45) is 5.92 Å². The largest absolute Gasteiger partial charge is 0.396 e. The maximum atomic E-state index is 9.50. The molecule has 0 bridgehead atoms. The molecule has 0 saturated carbocycles. The highest BCUT2D eigenvalue weighted by molar-refractivity contribution is 5.02. The van der Waals surface area contributed by atoms with E-state index in [1.165, 1.54) is 154 Å². The molecule has 0 aliphatic carbocycles. The van der Waals surface area contributed by atoms with Gasteiger partial charge in [0.15, 0.2) is 5.79 Å². The SMILES string of the molecule is CCCCC/C=C/C=C\CCCCCCCCC1(CCCCCCCCCCC(C)CCCCC)OCCC(CCO)O1. The van der Waals surface area contributed by atoms with E-state index in [4.69, 9.17) is 9.47 Å². The molecule has 1 aliphatic rings. The zero-order valence-corrected chi connectivity index (χ0v) is 29.4. The summed E-state index contributed by atoms with van der Waals surface area (Å²) in [5, 5.41) is 9.50. The monoisotopic (exact) mass is 605 g/mol. The summed E-state index contributed by atoms with van der Waals surface area (Å²) >= 11 is 0. The van der Waals surface area contributed by atoms with Crippen LogP contribution in [0.5, 0.6) is 0 Å². The highest BCUT2D eigenvalue weighted by Crippen LogP contribution is 2.34. The van der Waals surface area contributed by atoms with Crippen molar-refractivity contribution in [3.8, 4) is 0 Å². The van der Waals surface area contributed by atoms with E-state index >= 15 is 0 Å². The van der Waals surface area contributed by atoms with Crippen LogP contribution in [0.3, 0.4) is 0 Å². The van der Waals surface area contributed by atoms with E-state index in [1.54, 1.807) is 0 Å². The van der Waals surface area contributed by atoms with Crippen molar-refractivity contribution < 1.29 is 14.6 Å². The second kappa shape index (κ2) is 30.0. The van der Waals surface area contributed by atoms with Gasteiger partial charge in [0, 0.05) is 19.4 Å². The Bertz CT molecular complexity index is 627. The molecule has 0 aromatic rings. The fourth-order valence-electron chi connectivity index (χ4n) is 6.57. The third-order valence-electron chi connectivity index (χ3n) is 9.48. The minimum absolute atomic E-state index is 0.160. The summed E-state index contributed by atoms with van der Waals surface area (Å²) in [5.74, 6) is 0.519. The van der Waals surface area contributed by atoms with E-state index < -0.39 is 5.79 Å². The lowest BCUT2D eigenvalue weighted by molar-refractivity contribution is -0.301. The van der Waals surface area contributed by atoms with Gasteiger partial charge in [-0.3, -0.25) is 0 Å². The Morgan fingerprint density at radius 2 is 1.12 bits per heavy atom. The van der Waals surface area contributed by atoms with Crippen LogP contribution in [0.1, 0.15) is 201 Å². The number of hydrogen-bond acceptors (Lipinski definition) is 3. The summed E-state index contributed by atoms with van der Waals surface area (Å²) in [4.78, 5) is 0. The molecule has 3 heteroatoms. The molecule has 1 aliphatic heterocycles. The van der Waals surface area contributed by atoms with Crippen LogP contribution in [0.25, 0.3) is 0 Å². The van der Waals surface area contributed by atoms with Crippen LogP contribution in [0, 0.1) is 5.92 Å². The average molecular weight is 605 g/mol. The van der Waals surface area contributed by atoms with Crippen molar-refractivity contribution in [1.29, 1.82) is 0 Å². The Kier molecular flexibility index (Phi) is 28.2. The fraction of sp³-hybridized carbons (Fsp3) is 0.900. The van der Waals surface area contributed by atoms with Crippen LogP contribution in [0.2, 0.25) is 0 Å². The van der Waals surface area contributed by atoms with Gasteiger partial charge in [-0.15, -0.1) is 0 Å².